The van der Waals surface area contributed by atoms with Crippen molar-refractivity contribution >= 4 is 5.91 Å². The van der Waals surface area contributed by atoms with Gasteiger partial charge in [-0.1, -0.05) is 24.3 Å². The monoisotopic (exact) mass is 476 g/mol. The van der Waals surface area contributed by atoms with Crippen molar-refractivity contribution in [3.05, 3.63) is 65.7 Å². The molecule has 2 aliphatic heterocycles. The van der Waals surface area contributed by atoms with Gasteiger partial charge in [-0.05, 0) is 44.3 Å². The molecule has 4 rings (SSSR count). The summed E-state index contributed by atoms with van der Waals surface area (Å²) in [6, 6.07) is 12.8. The van der Waals surface area contributed by atoms with Crippen molar-refractivity contribution in [2.24, 2.45) is 0 Å². The number of piperidine rings is 1. The lowest BCUT2D eigenvalue weighted by Crippen LogP contribution is -2.40. The minimum atomic E-state index is -0.676. The van der Waals surface area contributed by atoms with Crippen molar-refractivity contribution in [2.45, 2.75) is 44.5 Å². The Labute approximate surface area is 200 Å². The van der Waals surface area contributed by atoms with Gasteiger partial charge in [0.05, 0.1) is 13.2 Å². The van der Waals surface area contributed by atoms with Gasteiger partial charge in [-0.15, -0.1) is 0 Å². The molecule has 2 aromatic carbocycles. The number of para-hydroxylation sites is 1. The van der Waals surface area contributed by atoms with Gasteiger partial charge in [0, 0.05) is 44.8 Å². The van der Waals surface area contributed by atoms with Crippen molar-refractivity contribution in [3.63, 3.8) is 0 Å². The zero-order valence-electron chi connectivity index (χ0n) is 19.9. The van der Waals surface area contributed by atoms with Crippen LogP contribution < -0.4 is 10.1 Å². The maximum Gasteiger partial charge on any atom is 0.219 e. The van der Waals surface area contributed by atoms with Crippen molar-refractivity contribution in [1.29, 1.82) is 0 Å². The van der Waals surface area contributed by atoms with Crippen LogP contribution in [0.2, 0.25) is 0 Å². The van der Waals surface area contributed by atoms with Crippen molar-refractivity contribution < 1.29 is 27.8 Å². The van der Waals surface area contributed by atoms with Crippen LogP contribution in [0.1, 0.15) is 38.2 Å². The number of benzene rings is 2. The molecule has 6 nitrogen and oxygen atoms in total. The van der Waals surface area contributed by atoms with E-state index < -0.39 is 5.79 Å². The number of nitrogens with one attached hydrogen (secondary N) is 1. The van der Waals surface area contributed by atoms with Gasteiger partial charge < -0.3 is 24.4 Å². The van der Waals surface area contributed by atoms with Gasteiger partial charge in [-0.3, -0.25) is 4.79 Å². The average molecular weight is 477 g/mol. The molecule has 34 heavy (non-hydrogen) atoms. The lowest BCUT2D eigenvalue weighted by atomic mass is 10.0. The molecule has 2 fully saturated rings. The van der Waals surface area contributed by atoms with E-state index in [1.54, 1.807) is 42.2 Å². The Morgan fingerprint density at radius 1 is 1.09 bits per heavy atom. The average Bonchev–Trinajstić information content (AvgIpc) is 3.32. The molecule has 0 radical (unpaired) electrons. The van der Waals surface area contributed by atoms with Gasteiger partial charge in [-0.25, -0.2) is 8.78 Å². The number of nitrogens with zero attached hydrogens (tertiary/aromatic N) is 1. The molecule has 2 saturated heterocycles. The van der Waals surface area contributed by atoms with Crippen LogP contribution in [0.25, 0.3) is 0 Å². The van der Waals surface area contributed by atoms with E-state index in [0.29, 0.717) is 32.1 Å². The molecule has 0 spiro atoms. The van der Waals surface area contributed by atoms with Gasteiger partial charge in [0.15, 0.2) is 17.4 Å². The fourth-order valence-electron chi connectivity index (χ4n) is 4.12. The van der Waals surface area contributed by atoms with Crippen LogP contribution in [-0.2, 0) is 20.1 Å². The van der Waals surface area contributed by atoms with Crippen LogP contribution >= 0.6 is 0 Å². The molecule has 0 saturated carbocycles. The second-order valence-corrected chi connectivity index (χ2v) is 8.42. The maximum absolute atomic E-state index is 13.4. The second kappa shape index (κ2) is 12.8. The molecule has 0 aliphatic carbocycles. The Balaban J connectivity index is 0.000000191. The summed E-state index contributed by atoms with van der Waals surface area (Å²) in [6.45, 7) is 5.05. The molecule has 1 amide bonds. The van der Waals surface area contributed by atoms with E-state index in [4.69, 9.17) is 14.2 Å². The molecule has 8 heteroatoms. The number of hydrogen-bond acceptors (Lipinski definition) is 5. The van der Waals surface area contributed by atoms with Crippen LogP contribution in [-0.4, -0.2) is 56.8 Å². The summed E-state index contributed by atoms with van der Waals surface area (Å²) < 4.78 is 43.4. The normalized spacial score (nSPS) is 17.7. The molecular weight excluding hydrogens is 442 g/mol. The van der Waals surface area contributed by atoms with Crippen LogP contribution in [0.15, 0.2) is 48.5 Å². The van der Waals surface area contributed by atoms with Gasteiger partial charge in [-0.2, -0.15) is 0 Å². The summed E-state index contributed by atoms with van der Waals surface area (Å²) in [5, 5.41) is 3.10. The number of likely N-dealkylation sites (tertiary alicyclic amines) is 1. The van der Waals surface area contributed by atoms with E-state index >= 15 is 0 Å². The van der Waals surface area contributed by atoms with Gasteiger partial charge in [0.25, 0.3) is 0 Å². The quantitative estimate of drug-likeness (QED) is 0.606. The fraction of sp³-hybridized carbons (Fsp3) is 0.500. The first-order chi connectivity index (χ1) is 16.4. The van der Waals surface area contributed by atoms with E-state index in [1.807, 2.05) is 7.05 Å². The van der Waals surface area contributed by atoms with Crippen molar-refractivity contribution in [3.8, 4) is 5.75 Å². The summed E-state index contributed by atoms with van der Waals surface area (Å²) in [7, 11) is 1.92. The first-order valence-electron chi connectivity index (χ1n) is 11.8. The topological polar surface area (TPSA) is 60.0 Å². The predicted octanol–water partition coefficient (Wildman–Crippen LogP) is 4.24. The third kappa shape index (κ3) is 7.22. The van der Waals surface area contributed by atoms with Crippen molar-refractivity contribution in [1.82, 2.24) is 10.2 Å². The molecule has 2 heterocycles. The van der Waals surface area contributed by atoms with E-state index in [9.17, 15) is 13.6 Å². The molecule has 0 unspecified atom stereocenters. The standard InChI is InChI=1S/C13H18FNO2.C13H16FNO2/c1-15-8-2-7-13(16-9-10-17-13)11-3-5-12(14)6-4-11;1-10(16)15-8-6-11(7-9-15)17-13-5-3-2-4-12(13)14/h3-6,15H,2,7-10H2,1H3;2-5,11H,6-9H2,1H3. The smallest absolute Gasteiger partial charge is 0.219 e. The molecule has 186 valence electrons. The Kier molecular flexibility index (Phi) is 9.80. The first kappa shape index (κ1) is 26.1. The molecular formula is C26H34F2N2O4. The minimum absolute atomic E-state index is 0.00231. The second-order valence-electron chi connectivity index (χ2n) is 8.42. The molecule has 0 aromatic heterocycles. The van der Waals surface area contributed by atoms with E-state index in [-0.39, 0.29) is 23.6 Å². The molecule has 2 aromatic rings. The molecule has 0 bridgehead atoms. The summed E-state index contributed by atoms with van der Waals surface area (Å²) in [4.78, 5) is 12.9. The third-order valence-corrected chi connectivity index (χ3v) is 5.99. The third-order valence-electron chi connectivity index (χ3n) is 5.99. The number of hydrogen-bond donors (Lipinski definition) is 1. The molecule has 2 aliphatic rings. The number of amides is 1. The zero-order valence-corrected chi connectivity index (χ0v) is 19.9. The largest absolute Gasteiger partial charge is 0.487 e. The maximum atomic E-state index is 13.4. The Morgan fingerprint density at radius 2 is 1.74 bits per heavy atom. The summed E-state index contributed by atoms with van der Waals surface area (Å²) in [6.07, 6.45) is 3.25. The highest BCUT2D eigenvalue weighted by atomic mass is 19.1. The highest BCUT2D eigenvalue weighted by molar-refractivity contribution is 5.73. The highest BCUT2D eigenvalue weighted by Gasteiger charge is 2.37. The fourth-order valence-corrected chi connectivity index (χ4v) is 4.12. The van der Waals surface area contributed by atoms with Crippen molar-refractivity contribution in [2.75, 3.05) is 39.9 Å². The number of carbonyl (C=O) groups is 1. The highest BCUT2D eigenvalue weighted by Crippen LogP contribution is 2.35. The predicted molar refractivity (Wildman–Crippen MR) is 125 cm³/mol. The summed E-state index contributed by atoms with van der Waals surface area (Å²) in [5.41, 5.74) is 0.896. The molecule has 1 N–H and O–H groups in total. The Morgan fingerprint density at radius 3 is 2.32 bits per heavy atom. The summed E-state index contributed by atoms with van der Waals surface area (Å²) >= 11 is 0. The number of carbonyl (C=O) groups excluding carboxylic acids is 1. The van der Waals surface area contributed by atoms with Gasteiger partial charge >= 0.3 is 0 Å². The van der Waals surface area contributed by atoms with Gasteiger partial charge in [0.1, 0.15) is 11.9 Å². The SMILES string of the molecule is CC(=O)N1CCC(Oc2ccccc2F)CC1.CNCCCC1(c2ccc(F)cc2)OCCO1. The lowest BCUT2D eigenvalue weighted by molar-refractivity contribution is -0.171. The van der Waals surface area contributed by atoms with E-state index in [2.05, 4.69) is 5.32 Å². The lowest BCUT2D eigenvalue weighted by Gasteiger charge is -2.31. The number of rotatable bonds is 7. The Bertz CT molecular complexity index is 896. The van der Waals surface area contributed by atoms with E-state index in [0.717, 1.165) is 37.8 Å². The zero-order chi connectivity index (χ0) is 24.4. The van der Waals surface area contributed by atoms with Crippen LogP contribution in [0.3, 0.4) is 0 Å². The van der Waals surface area contributed by atoms with Crippen LogP contribution in [0, 0.1) is 11.6 Å². The summed E-state index contributed by atoms with van der Waals surface area (Å²) in [5.74, 6) is -0.855. The number of halogens is 2. The van der Waals surface area contributed by atoms with Crippen LogP contribution in [0.5, 0.6) is 5.75 Å². The molecule has 0 atom stereocenters. The van der Waals surface area contributed by atoms with Gasteiger partial charge in [0.2, 0.25) is 5.91 Å². The minimum Gasteiger partial charge on any atom is -0.487 e. The number of ether oxygens (including phenoxy) is 3. The van der Waals surface area contributed by atoms with E-state index in [1.165, 1.54) is 18.2 Å². The first-order valence-corrected chi connectivity index (χ1v) is 11.8. The Hall–Kier alpha value is -2.55. The van der Waals surface area contributed by atoms with Crippen LogP contribution in [0.4, 0.5) is 8.78 Å².